The molecule has 0 bridgehead atoms. The summed E-state index contributed by atoms with van der Waals surface area (Å²) in [6, 6.07) is 4.86. The quantitative estimate of drug-likeness (QED) is 0.796. The molecule has 0 aromatic carbocycles. The number of pyridine rings is 1. The minimum atomic E-state index is -0.343. The van der Waals surface area contributed by atoms with Gasteiger partial charge in [-0.1, -0.05) is 0 Å². The molecule has 5 heteroatoms. The lowest BCUT2D eigenvalue weighted by Gasteiger charge is -1.93. The molecule has 4 nitrogen and oxygen atoms in total. The van der Waals surface area contributed by atoms with Crippen LogP contribution in [0.2, 0.25) is 0 Å². The summed E-state index contributed by atoms with van der Waals surface area (Å²) in [4.78, 5) is 3.94. The van der Waals surface area contributed by atoms with Crippen molar-refractivity contribution in [1.82, 2.24) is 20.5 Å². The maximum Gasteiger partial charge on any atom is 0.141 e. The summed E-state index contributed by atoms with van der Waals surface area (Å²) in [5.41, 5.74) is 2.36. The van der Waals surface area contributed by atoms with Crippen LogP contribution in [-0.4, -0.2) is 22.2 Å². The van der Waals surface area contributed by atoms with Crippen molar-refractivity contribution in [2.45, 2.75) is 6.54 Å². The first-order chi connectivity index (χ1) is 7.29. The summed E-state index contributed by atoms with van der Waals surface area (Å²) in [5, 5.41) is 9.96. The van der Waals surface area contributed by atoms with Crippen molar-refractivity contribution >= 4 is 0 Å². The molecule has 0 unspecified atom stereocenters. The molecule has 78 valence electrons. The first-order valence-corrected chi connectivity index (χ1v) is 4.60. The maximum atomic E-state index is 12.6. The van der Waals surface area contributed by atoms with E-state index in [1.165, 1.54) is 12.3 Å². The summed E-state index contributed by atoms with van der Waals surface area (Å²) in [7, 11) is 1.86. The van der Waals surface area contributed by atoms with Crippen LogP contribution < -0.4 is 5.32 Å². The van der Waals surface area contributed by atoms with Gasteiger partial charge in [-0.25, -0.2) is 4.39 Å². The monoisotopic (exact) mass is 206 g/mol. The van der Waals surface area contributed by atoms with Gasteiger partial charge in [0, 0.05) is 12.2 Å². The Hall–Kier alpha value is -1.75. The van der Waals surface area contributed by atoms with Crippen molar-refractivity contribution in [1.29, 1.82) is 0 Å². The van der Waals surface area contributed by atoms with Crippen LogP contribution in [0.25, 0.3) is 11.4 Å². The zero-order chi connectivity index (χ0) is 10.7. The second-order valence-corrected chi connectivity index (χ2v) is 3.17. The number of nitrogens with one attached hydrogen (secondary N) is 2. The molecule has 2 aromatic heterocycles. The normalized spacial score (nSPS) is 10.5. The number of hydrogen-bond acceptors (Lipinski definition) is 3. The van der Waals surface area contributed by atoms with Gasteiger partial charge >= 0.3 is 0 Å². The summed E-state index contributed by atoms with van der Waals surface area (Å²) in [6.45, 7) is 0.716. The van der Waals surface area contributed by atoms with Crippen molar-refractivity contribution in [3.8, 4) is 11.4 Å². The Morgan fingerprint density at radius 2 is 2.27 bits per heavy atom. The molecule has 0 saturated carbocycles. The minimum Gasteiger partial charge on any atom is -0.314 e. The molecule has 2 rings (SSSR count). The first-order valence-electron chi connectivity index (χ1n) is 4.60. The second kappa shape index (κ2) is 4.18. The molecule has 2 heterocycles. The number of halogens is 1. The van der Waals surface area contributed by atoms with E-state index in [0.29, 0.717) is 12.2 Å². The van der Waals surface area contributed by atoms with E-state index >= 15 is 0 Å². The van der Waals surface area contributed by atoms with Gasteiger partial charge in [0.15, 0.2) is 0 Å². The highest BCUT2D eigenvalue weighted by Crippen LogP contribution is 2.14. The standard InChI is InChI=1S/C10H11FN4/c1-12-6-8-4-10(15-14-8)9-3-2-7(11)5-13-9/h2-5,12H,6H2,1H3,(H,14,15). The molecule has 2 N–H and O–H groups in total. The average molecular weight is 206 g/mol. The van der Waals surface area contributed by atoms with Crippen molar-refractivity contribution < 1.29 is 4.39 Å². The van der Waals surface area contributed by atoms with E-state index in [0.717, 1.165) is 11.4 Å². The predicted molar refractivity (Wildman–Crippen MR) is 54.5 cm³/mol. The third-order valence-electron chi connectivity index (χ3n) is 1.99. The average Bonchev–Trinajstić information content (AvgIpc) is 2.68. The highest BCUT2D eigenvalue weighted by molar-refractivity contribution is 5.53. The van der Waals surface area contributed by atoms with Crippen LogP contribution in [0.5, 0.6) is 0 Å². The fourth-order valence-electron chi connectivity index (χ4n) is 1.30. The van der Waals surface area contributed by atoms with Gasteiger partial charge in [-0.3, -0.25) is 10.1 Å². The van der Waals surface area contributed by atoms with Gasteiger partial charge in [0.25, 0.3) is 0 Å². The van der Waals surface area contributed by atoms with Gasteiger partial charge in [-0.05, 0) is 25.2 Å². The number of H-pyrrole nitrogens is 1. The van der Waals surface area contributed by atoms with Crippen LogP contribution in [0.15, 0.2) is 24.4 Å². The molecule has 0 amide bonds. The molecule has 0 saturated heterocycles. The Bertz CT molecular complexity index is 435. The van der Waals surface area contributed by atoms with Gasteiger partial charge in [-0.2, -0.15) is 5.10 Å². The fourth-order valence-corrected chi connectivity index (χ4v) is 1.30. The van der Waals surface area contributed by atoms with Crippen LogP contribution >= 0.6 is 0 Å². The summed E-state index contributed by atoms with van der Waals surface area (Å²) >= 11 is 0. The smallest absolute Gasteiger partial charge is 0.141 e. The van der Waals surface area contributed by atoms with Gasteiger partial charge < -0.3 is 5.32 Å². The number of aromatic amines is 1. The van der Waals surface area contributed by atoms with Crippen LogP contribution in [0.3, 0.4) is 0 Å². The molecule has 15 heavy (non-hydrogen) atoms. The van der Waals surface area contributed by atoms with E-state index < -0.39 is 0 Å². The Morgan fingerprint density at radius 1 is 1.40 bits per heavy atom. The van der Waals surface area contributed by atoms with Gasteiger partial charge in [0.1, 0.15) is 11.5 Å². The lowest BCUT2D eigenvalue weighted by Crippen LogP contribution is -2.04. The Labute approximate surface area is 86.6 Å². The van der Waals surface area contributed by atoms with E-state index in [2.05, 4.69) is 20.5 Å². The summed E-state index contributed by atoms with van der Waals surface area (Å²) in [5.74, 6) is -0.343. The lowest BCUT2D eigenvalue weighted by atomic mass is 10.2. The Kier molecular flexibility index (Phi) is 2.73. The predicted octanol–water partition coefficient (Wildman–Crippen LogP) is 1.33. The van der Waals surface area contributed by atoms with Gasteiger partial charge in [0.05, 0.1) is 11.9 Å². The van der Waals surface area contributed by atoms with E-state index in [1.807, 2.05) is 13.1 Å². The molecule has 0 aliphatic rings. The number of nitrogens with zero attached hydrogens (tertiary/aromatic N) is 2. The molecular weight excluding hydrogens is 195 g/mol. The van der Waals surface area contributed by atoms with Crippen molar-refractivity contribution in [3.63, 3.8) is 0 Å². The van der Waals surface area contributed by atoms with Gasteiger partial charge in [-0.15, -0.1) is 0 Å². The zero-order valence-corrected chi connectivity index (χ0v) is 8.29. The van der Waals surface area contributed by atoms with Crippen LogP contribution in [0.1, 0.15) is 5.69 Å². The topological polar surface area (TPSA) is 53.6 Å². The van der Waals surface area contributed by atoms with E-state index in [-0.39, 0.29) is 5.82 Å². The van der Waals surface area contributed by atoms with Crippen LogP contribution in [0.4, 0.5) is 4.39 Å². The van der Waals surface area contributed by atoms with E-state index in [1.54, 1.807) is 6.07 Å². The minimum absolute atomic E-state index is 0.343. The Morgan fingerprint density at radius 3 is 2.93 bits per heavy atom. The first kappa shape index (κ1) is 9.79. The van der Waals surface area contributed by atoms with Crippen LogP contribution in [0, 0.1) is 5.82 Å². The molecule has 0 spiro atoms. The highest BCUT2D eigenvalue weighted by Gasteiger charge is 2.04. The fraction of sp³-hybridized carbons (Fsp3) is 0.200. The number of aromatic nitrogens is 3. The molecule has 0 aliphatic heterocycles. The lowest BCUT2D eigenvalue weighted by molar-refractivity contribution is 0.622. The molecule has 0 aliphatic carbocycles. The third kappa shape index (κ3) is 2.19. The van der Waals surface area contributed by atoms with Crippen molar-refractivity contribution in [2.24, 2.45) is 0 Å². The van der Waals surface area contributed by atoms with E-state index in [9.17, 15) is 4.39 Å². The highest BCUT2D eigenvalue weighted by atomic mass is 19.1. The Balaban J connectivity index is 2.25. The largest absolute Gasteiger partial charge is 0.314 e. The van der Waals surface area contributed by atoms with Crippen molar-refractivity contribution in [2.75, 3.05) is 7.05 Å². The van der Waals surface area contributed by atoms with E-state index in [4.69, 9.17) is 0 Å². The molecular formula is C10H11FN4. The molecule has 0 radical (unpaired) electrons. The number of hydrogen-bond donors (Lipinski definition) is 2. The summed E-state index contributed by atoms with van der Waals surface area (Å²) < 4.78 is 12.6. The number of rotatable bonds is 3. The summed E-state index contributed by atoms with van der Waals surface area (Å²) in [6.07, 6.45) is 1.18. The maximum absolute atomic E-state index is 12.6. The SMILES string of the molecule is CNCc1cc(-c2ccc(F)cn2)n[nH]1. The second-order valence-electron chi connectivity index (χ2n) is 3.17. The molecule has 2 aromatic rings. The van der Waals surface area contributed by atoms with Crippen LogP contribution in [-0.2, 0) is 6.54 Å². The van der Waals surface area contributed by atoms with Gasteiger partial charge in [0.2, 0.25) is 0 Å². The molecule has 0 fully saturated rings. The third-order valence-corrected chi connectivity index (χ3v) is 1.99. The zero-order valence-electron chi connectivity index (χ0n) is 8.29. The van der Waals surface area contributed by atoms with Crippen molar-refractivity contribution in [3.05, 3.63) is 35.9 Å². The molecule has 0 atom stereocenters.